The molecule has 144 valence electrons. The standard InChI is InChI=1S/C19H21ClN2O4S/c20-16-4-2-1-3-15(16)17-5-6-18(26-17)19(23)22-10-8-21(9-11-22)14-7-12-27(24,25)13-14/h1-6,14H,7-13H2/t14-/m1/s1. The molecule has 1 amide bonds. The number of sulfone groups is 1. The average molecular weight is 409 g/mol. The lowest BCUT2D eigenvalue weighted by atomic mass is 10.2. The average Bonchev–Trinajstić information content (AvgIpc) is 3.28. The van der Waals surface area contributed by atoms with Crippen LogP contribution in [0.5, 0.6) is 0 Å². The second-order valence-electron chi connectivity index (χ2n) is 7.03. The third kappa shape index (κ3) is 3.90. The van der Waals surface area contributed by atoms with Crippen molar-refractivity contribution in [3.8, 4) is 11.3 Å². The fourth-order valence-corrected chi connectivity index (χ4v) is 5.76. The van der Waals surface area contributed by atoms with Gasteiger partial charge in [0, 0.05) is 37.8 Å². The van der Waals surface area contributed by atoms with Gasteiger partial charge >= 0.3 is 0 Å². The highest BCUT2D eigenvalue weighted by molar-refractivity contribution is 7.91. The van der Waals surface area contributed by atoms with Gasteiger partial charge in [-0.05, 0) is 30.7 Å². The second kappa shape index (κ2) is 7.30. The summed E-state index contributed by atoms with van der Waals surface area (Å²) in [6.45, 7) is 2.50. The van der Waals surface area contributed by atoms with Gasteiger partial charge in [-0.2, -0.15) is 0 Å². The molecular weight excluding hydrogens is 388 g/mol. The van der Waals surface area contributed by atoms with Crippen LogP contribution in [0.15, 0.2) is 40.8 Å². The summed E-state index contributed by atoms with van der Waals surface area (Å²) >= 11 is 6.19. The molecule has 8 heteroatoms. The van der Waals surface area contributed by atoms with E-state index >= 15 is 0 Å². The predicted molar refractivity (Wildman–Crippen MR) is 104 cm³/mol. The molecule has 2 aliphatic rings. The van der Waals surface area contributed by atoms with E-state index in [1.807, 2.05) is 18.2 Å². The number of hydrogen-bond acceptors (Lipinski definition) is 5. The van der Waals surface area contributed by atoms with Gasteiger partial charge in [0.1, 0.15) is 5.76 Å². The van der Waals surface area contributed by atoms with Crippen LogP contribution in [0.4, 0.5) is 0 Å². The molecule has 0 unspecified atom stereocenters. The highest BCUT2D eigenvalue weighted by atomic mass is 35.5. The van der Waals surface area contributed by atoms with E-state index in [1.165, 1.54) is 0 Å². The third-order valence-electron chi connectivity index (χ3n) is 5.28. The first-order valence-electron chi connectivity index (χ1n) is 9.01. The smallest absolute Gasteiger partial charge is 0.289 e. The zero-order valence-corrected chi connectivity index (χ0v) is 16.4. The summed E-state index contributed by atoms with van der Waals surface area (Å²) in [7, 11) is -2.89. The molecule has 1 atom stereocenters. The lowest BCUT2D eigenvalue weighted by Gasteiger charge is -2.37. The summed E-state index contributed by atoms with van der Waals surface area (Å²) in [5, 5.41) is 0.575. The molecule has 0 N–H and O–H groups in total. The Morgan fingerprint density at radius 1 is 1.07 bits per heavy atom. The summed E-state index contributed by atoms with van der Waals surface area (Å²) in [5.41, 5.74) is 0.755. The van der Waals surface area contributed by atoms with Crippen LogP contribution < -0.4 is 0 Å². The van der Waals surface area contributed by atoms with E-state index in [-0.39, 0.29) is 23.5 Å². The Labute approximate surface area is 163 Å². The molecule has 0 saturated carbocycles. The number of carbonyl (C=O) groups excluding carboxylic acids is 1. The largest absolute Gasteiger partial charge is 0.451 e. The van der Waals surface area contributed by atoms with E-state index in [1.54, 1.807) is 23.1 Å². The Balaban J connectivity index is 1.40. The summed E-state index contributed by atoms with van der Waals surface area (Å²) in [6.07, 6.45) is 0.690. The molecule has 1 aromatic heterocycles. The number of benzene rings is 1. The minimum atomic E-state index is -2.89. The van der Waals surface area contributed by atoms with Gasteiger partial charge in [-0.15, -0.1) is 0 Å². The van der Waals surface area contributed by atoms with Crippen LogP contribution in [0.1, 0.15) is 17.0 Å². The SMILES string of the molecule is O=C(c1ccc(-c2ccccc2Cl)o1)N1CCN([C@@H]2CCS(=O)(=O)C2)CC1. The number of hydrogen-bond donors (Lipinski definition) is 0. The molecule has 0 radical (unpaired) electrons. The van der Waals surface area contributed by atoms with Crippen LogP contribution in [0, 0.1) is 0 Å². The fraction of sp³-hybridized carbons (Fsp3) is 0.421. The van der Waals surface area contributed by atoms with Gasteiger partial charge < -0.3 is 9.32 Å². The maximum absolute atomic E-state index is 12.7. The molecular formula is C19H21ClN2O4S. The van der Waals surface area contributed by atoms with Crippen LogP contribution in [0.3, 0.4) is 0 Å². The lowest BCUT2D eigenvalue weighted by molar-refractivity contribution is 0.0559. The summed E-state index contributed by atoms with van der Waals surface area (Å²) in [6, 6.07) is 10.9. The minimum Gasteiger partial charge on any atom is -0.451 e. The monoisotopic (exact) mass is 408 g/mol. The fourth-order valence-electron chi connectivity index (χ4n) is 3.77. The second-order valence-corrected chi connectivity index (χ2v) is 9.66. The topological polar surface area (TPSA) is 70.8 Å². The van der Waals surface area contributed by atoms with Crippen LogP contribution >= 0.6 is 11.6 Å². The molecule has 1 aromatic carbocycles. The van der Waals surface area contributed by atoms with Crippen molar-refractivity contribution in [3.05, 3.63) is 47.2 Å². The van der Waals surface area contributed by atoms with Crippen molar-refractivity contribution in [2.45, 2.75) is 12.5 Å². The van der Waals surface area contributed by atoms with Gasteiger partial charge in [-0.1, -0.05) is 23.7 Å². The quantitative estimate of drug-likeness (QED) is 0.780. The maximum atomic E-state index is 12.7. The molecule has 0 spiro atoms. The number of halogens is 1. The number of piperazine rings is 1. The van der Waals surface area contributed by atoms with Crippen molar-refractivity contribution in [1.82, 2.24) is 9.80 Å². The first-order chi connectivity index (χ1) is 12.9. The third-order valence-corrected chi connectivity index (χ3v) is 7.36. The van der Waals surface area contributed by atoms with E-state index in [0.29, 0.717) is 49.1 Å². The van der Waals surface area contributed by atoms with Gasteiger partial charge in [0.15, 0.2) is 15.6 Å². The van der Waals surface area contributed by atoms with Crippen LogP contribution in [-0.4, -0.2) is 67.9 Å². The van der Waals surface area contributed by atoms with Crippen molar-refractivity contribution >= 4 is 27.3 Å². The minimum absolute atomic E-state index is 0.0858. The highest BCUT2D eigenvalue weighted by Gasteiger charge is 2.34. The van der Waals surface area contributed by atoms with Crippen molar-refractivity contribution in [1.29, 1.82) is 0 Å². The predicted octanol–water partition coefficient (Wildman–Crippen LogP) is 2.54. The Hall–Kier alpha value is -1.83. The van der Waals surface area contributed by atoms with Crippen molar-refractivity contribution in [2.75, 3.05) is 37.7 Å². The summed E-state index contributed by atoms with van der Waals surface area (Å²) in [5.74, 6) is 1.22. The summed E-state index contributed by atoms with van der Waals surface area (Å²) < 4.78 is 29.1. The maximum Gasteiger partial charge on any atom is 0.289 e. The van der Waals surface area contributed by atoms with Gasteiger partial charge in [-0.3, -0.25) is 9.69 Å². The lowest BCUT2D eigenvalue weighted by Crippen LogP contribution is -2.52. The molecule has 2 saturated heterocycles. The zero-order chi connectivity index (χ0) is 19.0. The number of rotatable bonds is 3. The Morgan fingerprint density at radius 3 is 2.48 bits per heavy atom. The molecule has 6 nitrogen and oxygen atoms in total. The van der Waals surface area contributed by atoms with Gasteiger partial charge in [0.2, 0.25) is 0 Å². The number of furan rings is 1. The number of carbonyl (C=O) groups is 1. The molecule has 4 rings (SSSR count). The molecule has 2 fully saturated rings. The van der Waals surface area contributed by atoms with Crippen molar-refractivity contribution in [2.24, 2.45) is 0 Å². The Morgan fingerprint density at radius 2 is 1.81 bits per heavy atom. The van der Waals surface area contributed by atoms with E-state index in [9.17, 15) is 13.2 Å². The molecule has 3 heterocycles. The Kier molecular flexibility index (Phi) is 5.01. The first-order valence-corrected chi connectivity index (χ1v) is 11.2. The first kappa shape index (κ1) is 18.5. The van der Waals surface area contributed by atoms with Gasteiger partial charge in [-0.25, -0.2) is 8.42 Å². The van der Waals surface area contributed by atoms with Crippen LogP contribution in [0.2, 0.25) is 5.02 Å². The normalized spacial score (nSPS) is 22.9. The summed E-state index contributed by atoms with van der Waals surface area (Å²) in [4.78, 5) is 16.7. The van der Waals surface area contributed by atoms with Crippen molar-refractivity contribution in [3.63, 3.8) is 0 Å². The highest BCUT2D eigenvalue weighted by Crippen LogP contribution is 2.29. The molecule has 2 aliphatic heterocycles. The van der Waals surface area contributed by atoms with Crippen molar-refractivity contribution < 1.29 is 17.6 Å². The van der Waals surface area contributed by atoms with E-state index < -0.39 is 9.84 Å². The van der Waals surface area contributed by atoms with Crippen LogP contribution in [0.25, 0.3) is 11.3 Å². The van der Waals surface area contributed by atoms with E-state index in [4.69, 9.17) is 16.0 Å². The molecule has 2 aromatic rings. The zero-order valence-electron chi connectivity index (χ0n) is 14.8. The Bertz CT molecular complexity index is 948. The number of nitrogens with zero attached hydrogens (tertiary/aromatic N) is 2. The van der Waals surface area contributed by atoms with Crippen LogP contribution in [-0.2, 0) is 9.84 Å². The van der Waals surface area contributed by atoms with E-state index in [0.717, 1.165) is 5.56 Å². The number of amides is 1. The van der Waals surface area contributed by atoms with E-state index in [2.05, 4.69) is 4.90 Å². The van der Waals surface area contributed by atoms with Gasteiger partial charge in [0.25, 0.3) is 5.91 Å². The van der Waals surface area contributed by atoms with Gasteiger partial charge in [0.05, 0.1) is 16.5 Å². The molecule has 0 bridgehead atoms. The molecule has 0 aliphatic carbocycles. The molecule has 27 heavy (non-hydrogen) atoms.